The van der Waals surface area contributed by atoms with Gasteiger partial charge in [0.1, 0.15) is 0 Å². The third kappa shape index (κ3) is 4.68. The van der Waals surface area contributed by atoms with E-state index in [-0.39, 0.29) is 22.9 Å². The number of halogens is 3. The van der Waals surface area contributed by atoms with Gasteiger partial charge in [0.15, 0.2) is 0 Å². The Balaban J connectivity index is 0.00000289. The maximum Gasteiger partial charge on any atom is 0.209 e. The van der Waals surface area contributed by atoms with Crippen LogP contribution in [0, 0.1) is 5.41 Å². The SMILES string of the molecule is Br.C=CCN(/N=C/c1c(Cl)cccc1Cl)C(=N)N. The Kier molecular flexibility index (Phi) is 7.66. The number of nitrogens with zero attached hydrogens (tertiary/aromatic N) is 2. The first-order valence-electron chi connectivity index (χ1n) is 4.76. The molecule has 0 saturated carbocycles. The van der Waals surface area contributed by atoms with Crippen molar-refractivity contribution in [2.24, 2.45) is 10.8 Å². The molecule has 0 aliphatic rings. The molecule has 7 heteroatoms. The molecule has 3 N–H and O–H groups in total. The Hall–Kier alpha value is -1.04. The van der Waals surface area contributed by atoms with Crippen LogP contribution < -0.4 is 5.73 Å². The molecule has 0 atom stereocenters. The van der Waals surface area contributed by atoms with Crippen LogP contribution in [0.3, 0.4) is 0 Å². The number of hydrazone groups is 1. The molecule has 1 rings (SSSR count). The van der Waals surface area contributed by atoms with Gasteiger partial charge in [-0.1, -0.05) is 35.3 Å². The third-order valence-electron chi connectivity index (χ3n) is 1.91. The van der Waals surface area contributed by atoms with E-state index >= 15 is 0 Å². The van der Waals surface area contributed by atoms with Gasteiger partial charge in [-0.25, -0.2) is 5.01 Å². The summed E-state index contributed by atoms with van der Waals surface area (Å²) in [6.07, 6.45) is 3.06. The fraction of sp³-hybridized carbons (Fsp3) is 0.0909. The van der Waals surface area contributed by atoms with E-state index in [0.29, 0.717) is 22.2 Å². The number of benzene rings is 1. The highest BCUT2D eigenvalue weighted by Crippen LogP contribution is 2.22. The fourth-order valence-corrected chi connectivity index (χ4v) is 1.59. The number of hydrogen-bond acceptors (Lipinski definition) is 2. The van der Waals surface area contributed by atoms with Crippen molar-refractivity contribution in [1.29, 1.82) is 5.41 Å². The van der Waals surface area contributed by atoms with Crippen LogP contribution in [0.1, 0.15) is 5.56 Å². The Morgan fingerprint density at radius 2 is 2.00 bits per heavy atom. The quantitative estimate of drug-likeness (QED) is 0.378. The zero-order valence-electron chi connectivity index (χ0n) is 9.44. The van der Waals surface area contributed by atoms with E-state index in [1.807, 2.05) is 0 Å². The maximum atomic E-state index is 7.30. The molecule has 0 spiro atoms. The molecule has 0 aliphatic carbocycles. The second-order valence-electron chi connectivity index (χ2n) is 3.14. The summed E-state index contributed by atoms with van der Waals surface area (Å²) in [6.45, 7) is 3.89. The summed E-state index contributed by atoms with van der Waals surface area (Å²) in [6, 6.07) is 5.16. The molecule has 1 aromatic carbocycles. The van der Waals surface area contributed by atoms with Crippen LogP contribution in [0.25, 0.3) is 0 Å². The predicted octanol–water partition coefficient (Wildman–Crippen LogP) is 3.29. The van der Waals surface area contributed by atoms with Gasteiger partial charge in [-0.05, 0) is 12.1 Å². The van der Waals surface area contributed by atoms with Crippen LogP contribution in [0.15, 0.2) is 36.0 Å². The van der Waals surface area contributed by atoms with Crippen LogP contribution in [0.4, 0.5) is 0 Å². The Morgan fingerprint density at radius 1 is 1.44 bits per heavy atom. The molecule has 4 nitrogen and oxygen atoms in total. The second-order valence-corrected chi connectivity index (χ2v) is 3.95. The first-order chi connectivity index (χ1) is 8.06. The standard InChI is InChI=1S/C11H12Cl2N4.BrH/c1-2-6-17(11(14)15)16-7-8-9(12)4-3-5-10(8)13;/h2-5,7H,1,6H2,(H3,14,15);1H/b16-7+;. The fourth-order valence-electron chi connectivity index (χ4n) is 1.09. The topological polar surface area (TPSA) is 65.5 Å². The summed E-state index contributed by atoms with van der Waals surface area (Å²) in [5.41, 5.74) is 5.93. The van der Waals surface area contributed by atoms with Crippen molar-refractivity contribution in [2.75, 3.05) is 6.54 Å². The lowest BCUT2D eigenvalue weighted by molar-refractivity contribution is 0.488. The minimum atomic E-state index is -0.177. The minimum absolute atomic E-state index is 0. The number of hydrogen-bond donors (Lipinski definition) is 2. The van der Waals surface area contributed by atoms with E-state index < -0.39 is 0 Å². The first kappa shape index (κ1) is 17.0. The zero-order valence-corrected chi connectivity index (χ0v) is 12.7. The monoisotopic (exact) mass is 350 g/mol. The summed E-state index contributed by atoms with van der Waals surface area (Å²) in [4.78, 5) is 0. The largest absolute Gasteiger partial charge is 0.369 e. The number of nitrogens with one attached hydrogen (secondary N) is 1. The molecule has 98 valence electrons. The van der Waals surface area contributed by atoms with Gasteiger partial charge in [-0.2, -0.15) is 5.10 Å². The van der Waals surface area contributed by atoms with Crippen molar-refractivity contribution in [3.63, 3.8) is 0 Å². The van der Waals surface area contributed by atoms with E-state index in [4.69, 9.17) is 34.3 Å². The summed E-state index contributed by atoms with van der Waals surface area (Å²) in [5, 5.41) is 13.6. The minimum Gasteiger partial charge on any atom is -0.369 e. The number of nitrogens with two attached hydrogens (primary N) is 1. The van der Waals surface area contributed by atoms with E-state index in [9.17, 15) is 0 Å². The molecule has 0 amide bonds. The van der Waals surface area contributed by atoms with E-state index in [1.165, 1.54) is 11.2 Å². The van der Waals surface area contributed by atoms with Gasteiger partial charge in [-0.3, -0.25) is 5.41 Å². The van der Waals surface area contributed by atoms with Crippen molar-refractivity contribution < 1.29 is 0 Å². The molecule has 0 aromatic heterocycles. The molecule has 0 fully saturated rings. The van der Waals surface area contributed by atoms with Crippen LogP contribution in [0.2, 0.25) is 10.0 Å². The normalized spacial score (nSPS) is 9.89. The van der Waals surface area contributed by atoms with Gasteiger partial charge in [0, 0.05) is 5.56 Å². The molecule has 0 bridgehead atoms. The highest BCUT2D eigenvalue weighted by molar-refractivity contribution is 8.93. The summed E-state index contributed by atoms with van der Waals surface area (Å²) >= 11 is 11.9. The van der Waals surface area contributed by atoms with E-state index in [1.54, 1.807) is 24.3 Å². The highest BCUT2D eigenvalue weighted by atomic mass is 79.9. The average molecular weight is 352 g/mol. The van der Waals surface area contributed by atoms with Crippen LogP contribution in [-0.2, 0) is 0 Å². The van der Waals surface area contributed by atoms with Gasteiger partial charge in [-0.15, -0.1) is 23.6 Å². The molecular formula is C11H13BrCl2N4. The van der Waals surface area contributed by atoms with Crippen molar-refractivity contribution in [1.82, 2.24) is 5.01 Å². The lowest BCUT2D eigenvalue weighted by Crippen LogP contribution is -2.32. The third-order valence-corrected chi connectivity index (χ3v) is 2.57. The summed E-state index contributed by atoms with van der Waals surface area (Å²) in [5.74, 6) is -0.177. The molecule has 0 radical (unpaired) electrons. The molecule has 18 heavy (non-hydrogen) atoms. The molecule has 0 saturated heterocycles. The van der Waals surface area contributed by atoms with Crippen LogP contribution in [-0.4, -0.2) is 23.7 Å². The summed E-state index contributed by atoms with van der Waals surface area (Å²) < 4.78 is 0. The van der Waals surface area contributed by atoms with Gasteiger partial charge in [0.2, 0.25) is 5.96 Å². The van der Waals surface area contributed by atoms with Crippen LogP contribution in [0.5, 0.6) is 0 Å². The highest BCUT2D eigenvalue weighted by Gasteiger charge is 2.04. The molecule has 0 aliphatic heterocycles. The molecule has 0 heterocycles. The lowest BCUT2D eigenvalue weighted by atomic mass is 10.2. The van der Waals surface area contributed by atoms with Crippen molar-refractivity contribution in [2.45, 2.75) is 0 Å². The smallest absolute Gasteiger partial charge is 0.209 e. The Labute approximate surface area is 126 Å². The van der Waals surface area contributed by atoms with Crippen LogP contribution >= 0.6 is 40.2 Å². The second kappa shape index (κ2) is 8.13. The van der Waals surface area contributed by atoms with E-state index in [0.717, 1.165) is 0 Å². The maximum absolute atomic E-state index is 7.30. The predicted molar refractivity (Wildman–Crippen MR) is 83.2 cm³/mol. The Morgan fingerprint density at radius 3 is 2.44 bits per heavy atom. The van der Waals surface area contributed by atoms with Gasteiger partial charge in [0.05, 0.1) is 22.8 Å². The lowest BCUT2D eigenvalue weighted by Gasteiger charge is -2.13. The average Bonchev–Trinajstić information content (AvgIpc) is 2.26. The first-order valence-corrected chi connectivity index (χ1v) is 5.52. The molecule has 0 unspecified atom stereocenters. The van der Waals surface area contributed by atoms with Crippen molar-refractivity contribution >= 4 is 52.4 Å². The zero-order chi connectivity index (χ0) is 12.8. The molecule has 1 aromatic rings. The van der Waals surface area contributed by atoms with Gasteiger partial charge in [0.25, 0.3) is 0 Å². The van der Waals surface area contributed by atoms with Crippen molar-refractivity contribution in [3.05, 3.63) is 46.5 Å². The van der Waals surface area contributed by atoms with E-state index in [2.05, 4.69) is 11.7 Å². The van der Waals surface area contributed by atoms with Crippen molar-refractivity contribution in [3.8, 4) is 0 Å². The molecular weight excluding hydrogens is 339 g/mol. The van der Waals surface area contributed by atoms with Gasteiger partial charge >= 0.3 is 0 Å². The summed E-state index contributed by atoms with van der Waals surface area (Å²) in [7, 11) is 0. The Bertz CT molecular complexity index is 442. The number of guanidine groups is 1. The number of rotatable bonds is 4. The van der Waals surface area contributed by atoms with Gasteiger partial charge < -0.3 is 5.73 Å².